The Morgan fingerprint density at radius 2 is 2.04 bits per heavy atom. The van der Waals surface area contributed by atoms with E-state index >= 15 is 0 Å². The number of aromatic nitrogens is 4. The molecule has 7 heteroatoms. The Morgan fingerprint density at radius 3 is 2.92 bits per heavy atom. The monoisotopic (exact) mass is 338 g/mol. The fourth-order valence-electron chi connectivity index (χ4n) is 2.41. The van der Waals surface area contributed by atoms with Crippen LogP contribution >= 0.6 is 11.8 Å². The minimum Gasteiger partial charge on any atom is -0.453 e. The second-order valence-corrected chi connectivity index (χ2v) is 6.38. The van der Waals surface area contributed by atoms with Gasteiger partial charge in [-0.05, 0) is 36.6 Å². The van der Waals surface area contributed by atoms with Crippen LogP contribution in [-0.2, 0) is 4.79 Å². The first-order valence-electron chi connectivity index (χ1n) is 7.42. The number of H-pyrrole nitrogens is 2. The number of carbonyl (C=O) groups is 1. The second-order valence-electron chi connectivity index (χ2n) is 5.41. The van der Waals surface area contributed by atoms with Gasteiger partial charge in [0.15, 0.2) is 16.7 Å². The largest absolute Gasteiger partial charge is 0.453 e. The van der Waals surface area contributed by atoms with Crippen molar-refractivity contribution in [3.05, 3.63) is 42.6 Å². The van der Waals surface area contributed by atoms with Crippen molar-refractivity contribution in [2.24, 2.45) is 0 Å². The molecule has 6 nitrogen and oxygen atoms in total. The normalized spacial score (nSPS) is 11.2. The predicted octanol–water partition coefficient (Wildman–Crippen LogP) is 3.89. The number of hydrogen-bond donors (Lipinski definition) is 2. The molecule has 0 fully saturated rings. The molecule has 0 atom stereocenters. The first-order chi connectivity index (χ1) is 11.7. The van der Waals surface area contributed by atoms with Crippen LogP contribution in [0.4, 0.5) is 0 Å². The number of ketones is 1. The summed E-state index contributed by atoms with van der Waals surface area (Å²) in [5, 5.41) is 9.86. The van der Waals surface area contributed by atoms with E-state index in [-0.39, 0.29) is 5.78 Å². The lowest BCUT2D eigenvalue weighted by atomic mass is 10.1. The molecule has 0 aliphatic carbocycles. The van der Waals surface area contributed by atoms with E-state index in [0.717, 1.165) is 22.2 Å². The average molecular weight is 338 g/mol. The summed E-state index contributed by atoms with van der Waals surface area (Å²) >= 11 is 1.33. The van der Waals surface area contributed by atoms with Gasteiger partial charge >= 0.3 is 0 Å². The molecular formula is C17H14N4O2S. The Balaban J connectivity index is 1.59. The third kappa shape index (κ3) is 2.85. The number of rotatable bonds is 5. The predicted molar refractivity (Wildman–Crippen MR) is 92.8 cm³/mol. The SMILES string of the molecule is CC(=O)CSc1nnc(-c2ccc(-c3ccc4cc[nH]c4c3)o2)[nH]1. The van der Waals surface area contributed by atoms with Crippen LogP contribution in [0.1, 0.15) is 6.92 Å². The van der Waals surface area contributed by atoms with Gasteiger partial charge in [-0.1, -0.05) is 23.9 Å². The Bertz CT molecular complexity index is 1010. The van der Waals surface area contributed by atoms with E-state index in [1.807, 2.05) is 42.6 Å². The highest BCUT2D eigenvalue weighted by Crippen LogP contribution is 2.29. The molecule has 0 bridgehead atoms. The first-order valence-corrected chi connectivity index (χ1v) is 8.40. The number of thioether (sulfide) groups is 1. The van der Waals surface area contributed by atoms with Gasteiger partial charge in [-0.3, -0.25) is 4.79 Å². The highest BCUT2D eigenvalue weighted by atomic mass is 32.2. The summed E-state index contributed by atoms with van der Waals surface area (Å²) in [6.07, 6.45) is 1.91. The topological polar surface area (TPSA) is 87.6 Å². The molecule has 0 aliphatic heterocycles. The summed E-state index contributed by atoms with van der Waals surface area (Å²) < 4.78 is 5.90. The van der Waals surface area contributed by atoms with E-state index in [9.17, 15) is 4.79 Å². The van der Waals surface area contributed by atoms with E-state index in [2.05, 4.69) is 20.2 Å². The standard InChI is InChI=1S/C17H14N4O2S/c1-10(22)9-24-17-19-16(20-21-17)15-5-4-14(23-15)12-3-2-11-6-7-18-13(11)8-12/h2-8,18H,9H2,1H3,(H,19,20,21). The quantitative estimate of drug-likeness (QED) is 0.539. The lowest BCUT2D eigenvalue weighted by Gasteiger charge is -1.97. The number of aromatic amines is 2. The van der Waals surface area contributed by atoms with Crippen molar-refractivity contribution in [1.29, 1.82) is 0 Å². The molecule has 0 unspecified atom stereocenters. The van der Waals surface area contributed by atoms with Gasteiger partial charge in [-0.25, -0.2) is 0 Å². The number of nitrogens with zero attached hydrogens (tertiary/aromatic N) is 2. The van der Waals surface area contributed by atoms with Crippen molar-refractivity contribution in [3.63, 3.8) is 0 Å². The lowest BCUT2D eigenvalue weighted by molar-refractivity contribution is -0.114. The van der Waals surface area contributed by atoms with Gasteiger partial charge in [0, 0.05) is 17.3 Å². The Morgan fingerprint density at radius 1 is 1.17 bits per heavy atom. The zero-order valence-electron chi connectivity index (χ0n) is 12.9. The van der Waals surface area contributed by atoms with Crippen LogP contribution in [0.15, 0.2) is 52.2 Å². The van der Waals surface area contributed by atoms with Crippen molar-refractivity contribution >= 4 is 28.4 Å². The highest BCUT2D eigenvalue weighted by Gasteiger charge is 2.12. The lowest BCUT2D eigenvalue weighted by Crippen LogP contribution is -1.93. The Kier molecular flexibility index (Phi) is 3.70. The fraction of sp³-hybridized carbons (Fsp3) is 0.118. The van der Waals surface area contributed by atoms with Crippen LogP contribution in [0.5, 0.6) is 0 Å². The van der Waals surface area contributed by atoms with Crippen LogP contribution in [0.25, 0.3) is 33.8 Å². The van der Waals surface area contributed by atoms with Gasteiger partial charge in [-0.15, -0.1) is 10.2 Å². The summed E-state index contributed by atoms with van der Waals surface area (Å²) in [6, 6.07) is 11.9. The van der Waals surface area contributed by atoms with Crippen LogP contribution in [0.2, 0.25) is 0 Å². The number of hydrogen-bond acceptors (Lipinski definition) is 5. The van der Waals surface area contributed by atoms with E-state index in [1.54, 1.807) is 6.92 Å². The van der Waals surface area contributed by atoms with E-state index < -0.39 is 0 Å². The Labute approximate surface area is 141 Å². The molecule has 1 aromatic carbocycles. The van der Waals surface area contributed by atoms with Crippen molar-refractivity contribution in [2.75, 3.05) is 5.75 Å². The molecule has 0 saturated heterocycles. The molecule has 2 N–H and O–H groups in total. The van der Waals surface area contributed by atoms with Crippen molar-refractivity contribution in [2.45, 2.75) is 12.1 Å². The number of nitrogens with one attached hydrogen (secondary N) is 2. The molecule has 0 aliphatic rings. The molecule has 3 aromatic heterocycles. The van der Waals surface area contributed by atoms with Crippen molar-refractivity contribution < 1.29 is 9.21 Å². The van der Waals surface area contributed by atoms with Gasteiger partial charge in [0.25, 0.3) is 0 Å². The number of benzene rings is 1. The maximum Gasteiger partial charge on any atom is 0.197 e. The molecule has 0 saturated carbocycles. The highest BCUT2D eigenvalue weighted by molar-refractivity contribution is 7.99. The van der Waals surface area contributed by atoms with Crippen LogP contribution < -0.4 is 0 Å². The van der Waals surface area contributed by atoms with Gasteiger partial charge in [0.05, 0.1) is 5.75 Å². The maximum absolute atomic E-state index is 11.0. The van der Waals surface area contributed by atoms with Crippen molar-refractivity contribution in [1.82, 2.24) is 20.2 Å². The summed E-state index contributed by atoms with van der Waals surface area (Å²) in [4.78, 5) is 17.3. The van der Waals surface area contributed by atoms with Gasteiger partial charge in [0.2, 0.25) is 0 Å². The van der Waals surface area contributed by atoms with Crippen LogP contribution in [-0.4, -0.2) is 31.7 Å². The molecule has 4 rings (SSSR count). The summed E-state index contributed by atoms with van der Waals surface area (Å²) in [5.41, 5.74) is 2.05. The van der Waals surface area contributed by atoms with Gasteiger partial charge in [0.1, 0.15) is 11.5 Å². The average Bonchev–Trinajstić information content (AvgIpc) is 3.30. The maximum atomic E-state index is 11.0. The molecule has 0 amide bonds. The fourth-order valence-corrected chi connectivity index (χ4v) is 3.02. The van der Waals surface area contributed by atoms with Gasteiger partial charge in [-0.2, -0.15) is 0 Å². The van der Waals surface area contributed by atoms with Gasteiger partial charge < -0.3 is 14.4 Å². The Hall–Kier alpha value is -2.80. The molecule has 0 spiro atoms. The second kappa shape index (κ2) is 6.01. The van der Waals surface area contributed by atoms with Crippen LogP contribution in [0.3, 0.4) is 0 Å². The van der Waals surface area contributed by atoms with Crippen LogP contribution in [0, 0.1) is 0 Å². The first kappa shape index (κ1) is 14.8. The number of fused-ring (bicyclic) bond motifs is 1. The summed E-state index contributed by atoms with van der Waals surface area (Å²) in [7, 11) is 0. The zero-order chi connectivity index (χ0) is 16.5. The van der Waals surface area contributed by atoms with E-state index in [4.69, 9.17) is 4.42 Å². The molecule has 24 heavy (non-hydrogen) atoms. The zero-order valence-corrected chi connectivity index (χ0v) is 13.7. The minimum absolute atomic E-state index is 0.0953. The summed E-state index contributed by atoms with van der Waals surface area (Å²) in [5.74, 6) is 2.38. The molecule has 3 heterocycles. The third-order valence-corrected chi connectivity index (χ3v) is 4.57. The number of Topliss-reactive ketones (excluding diaryl/α,β-unsaturated/α-hetero) is 1. The number of furan rings is 1. The molecule has 0 radical (unpaired) electrons. The van der Waals surface area contributed by atoms with E-state index in [0.29, 0.717) is 22.5 Å². The summed E-state index contributed by atoms with van der Waals surface area (Å²) in [6.45, 7) is 1.55. The molecule has 4 aromatic rings. The molecule has 120 valence electrons. The van der Waals surface area contributed by atoms with E-state index in [1.165, 1.54) is 11.8 Å². The third-order valence-electron chi connectivity index (χ3n) is 3.56. The number of carbonyl (C=O) groups excluding carboxylic acids is 1. The smallest absolute Gasteiger partial charge is 0.197 e. The molecular weight excluding hydrogens is 324 g/mol. The van der Waals surface area contributed by atoms with Crippen molar-refractivity contribution in [3.8, 4) is 22.9 Å². The minimum atomic E-state index is 0.0953.